The van der Waals surface area contributed by atoms with Crippen molar-refractivity contribution in [1.82, 2.24) is 10.3 Å². The van der Waals surface area contributed by atoms with E-state index in [4.69, 9.17) is 4.74 Å². The average Bonchev–Trinajstić information content (AvgIpc) is 2.33. The predicted molar refractivity (Wildman–Crippen MR) is 75.4 cm³/mol. The van der Waals surface area contributed by atoms with E-state index in [9.17, 15) is 0 Å². The van der Waals surface area contributed by atoms with Crippen LogP contribution in [0, 0.1) is 0 Å². The number of pyridine rings is 1. The lowest BCUT2D eigenvalue weighted by Gasteiger charge is -2.20. The highest BCUT2D eigenvalue weighted by atomic mass is 16.5. The molecule has 1 aromatic heterocycles. The standard InChI is InChI=1S/C15H26N2O/c1-6-12(2)18-11-14-8-7-13(9-16-14)10-17-15(3,4)5/h7-9,12,17H,6,10-11H2,1-5H3. The van der Waals surface area contributed by atoms with Crippen LogP contribution in [-0.4, -0.2) is 16.6 Å². The molecule has 0 aliphatic carbocycles. The largest absolute Gasteiger partial charge is 0.372 e. The molecule has 3 nitrogen and oxygen atoms in total. The van der Waals surface area contributed by atoms with E-state index in [0.717, 1.165) is 18.7 Å². The summed E-state index contributed by atoms with van der Waals surface area (Å²) in [6.07, 6.45) is 3.26. The molecule has 0 bridgehead atoms. The van der Waals surface area contributed by atoms with Gasteiger partial charge in [-0.05, 0) is 45.7 Å². The highest BCUT2D eigenvalue weighted by Gasteiger charge is 2.08. The number of ether oxygens (including phenoxy) is 1. The lowest BCUT2D eigenvalue weighted by Crippen LogP contribution is -2.35. The molecule has 0 radical (unpaired) electrons. The summed E-state index contributed by atoms with van der Waals surface area (Å²) in [5.74, 6) is 0. The average molecular weight is 250 g/mol. The Bertz CT molecular complexity index is 341. The summed E-state index contributed by atoms with van der Waals surface area (Å²) in [7, 11) is 0. The fourth-order valence-electron chi connectivity index (χ4n) is 1.36. The Labute approximate surface area is 111 Å². The zero-order valence-electron chi connectivity index (χ0n) is 12.3. The second-order valence-corrected chi connectivity index (χ2v) is 5.79. The van der Waals surface area contributed by atoms with E-state index in [2.05, 4.69) is 51.0 Å². The Kier molecular flexibility index (Phi) is 5.76. The Morgan fingerprint density at radius 1 is 1.33 bits per heavy atom. The second-order valence-electron chi connectivity index (χ2n) is 5.79. The molecular weight excluding hydrogens is 224 g/mol. The van der Waals surface area contributed by atoms with Crippen LogP contribution in [0.5, 0.6) is 0 Å². The van der Waals surface area contributed by atoms with E-state index < -0.39 is 0 Å². The van der Waals surface area contributed by atoms with Crippen LogP contribution in [0.3, 0.4) is 0 Å². The van der Waals surface area contributed by atoms with Crippen LogP contribution < -0.4 is 5.32 Å². The minimum absolute atomic E-state index is 0.137. The van der Waals surface area contributed by atoms with Crippen molar-refractivity contribution in [1.29, 1.82) is 0 Å². The highest BCUT2D eigenvalue weighted by Crippen LogP contribution is 2.07. The van der Waals surface area contributed by atoms with E-state index in [1.807, 2.05) is 12.3 Å². The lowest BCUT2D eigenvalue weighted by molar-refractivity contribution is 0.0489. The van der Waals surface area contributed by atoms with Crippen LogP contribution in [-0.2, 0) is 17.9 Å². The van der Waals surface area contributed by atoms with Gasteiger partial charge in [0.25, 0.3) is 0 Å². The molecule has 1 atom stereocenters. The number of hydrogen-bond donors (Lipinski definition) is 1. The molecule has 1 aromatic rings. The maximum absolute atomic E-state index is 5.65. The van der Waals surface area contributed by atoms with E-state index in [1.165, 1.54) is 5.56 Å². The number of hydrogen-bond acceptors (Lipinski definition) is 3. The Balaban J connectivity index is 2.42. The zero-order chi connectivity index (χ0) is 13.6. The molecule has 3 heteroatoms. The van der Waals surface area contributed by atoms with Gasteiger partial charge in [-0.1, -0.05) is 13.0 Å². The van der Waals surface area contributed by atoms with Crippen LogP contribution in [0.2, 0.25) is 0 Å². The molecule has 0 aliphatic heterocycles. The van der Waals surface area contributed by atoms with Crippen molar-refractivity contribution in [3.8, 4) is 0 Å². The maximum Gasteiger partial charge on any atom is 0.0891 e. The fourth-order valence-corrected chi connectivity index (χ4v) is 1.36. The molecule has 1 unspecified atom stereocenters. The van der Waals surface area contributed by atoms with Crippen LogP contribution in [0.1, 0.15) is 52.3 Å². The number of aromatic nitrogens is 1. The summed E-state index contributed by atoms with van der Waals surface area (Å²) in [4.78, 5) is 4.42. The van der Waals surface area contributed by atoms with Gasteiger partial charge in [-0.15, -0.1) is 0 Å². The topological polar surface area (TPSA) is 34.1 Å². The van der Waals surface area contributed by atoms with Crippen LogP contribution in [0.4, 0.5) is 0 Å². The van der Waals surface area contributed by atoms with Crippen molar-refractivity contribution in [2.24, 2.45) is 0 Å². The second kappa shape index (κ2) is 6.86. The molecule has 0 saturated carbocycles. The van der Waals surface area contributed by atoms with Crippen molar-refractivity contribution in [2.45, 2.75) is 65.8 Å². The quantitative estimate of drug-likeness (QED) is 0.841. The van der Waals surface area contributed by atoms with Crippen molar-refractivity contribution in [3.05, 3.63) is 29.6 Å². The van der Waals surface area contributed by atoms with Crippen molar-refractivity contribution >= 4 is 0 Å². The molecule has 0 amide bonds. The molecule has 1 N–H and O–H groups in total. The summed E-state index contributed by atoms with van der Waals surface area (Å²) in [5, 5.41) is 3.45. The van der Waals surface area contributed by atoms with Gasteiger partial charge in [0.1, 0.15) is 0 Å². The summed E-state index contributed by atoms with van der Waals surface area (Å²) in [6.45, 7) is 12.1. The van der Waals surface area contributed by atoms with E-state index >= 15 is 0 Å². The first-order chi connectivity index (χ1) is 8.40. The molecule has 0 spiro atoms. The first-order valence-electron chi connectivity index (χ1n) is 6.71. The third-order valence-electron chi connectivity index (χ3n) is 2.80. The molecule has 0 saturated heterocycles. The van der Waals surface area contributed by atoms with Crippen molar-refractivity contribution in [3.63, 3.8) is 0 Å². The summed E-state index contributed by atoms with van der Waals surface area (Å²) >= 11 is 0. The summed E-state index contributed by atoms with van der Waals surface area (Å²) in [5.41, 5.74) is 2.34. The van der Waals surface area contributed by atoms with Crippen LogP contribution in [0.25, 0.3) is 0 Å². The summed E-state index contributed by atoms with van der Waals surface area (Å²) in [6, 6.07) is 4.16. The normalized spacial score (nSPS) is 13.6. The molecule has 0 aliphatic rings. The molecule has 0 fully saturated rings. The van der Waals surface area contributed by atoms with Gasteiger partial charge >= 0.3 is 0 Å². The third kappa shape index (κ3) is 6.12. The van der Waals surface area contributed by atoms with Crippen molar-refractivity contribution < 1.29 is 4.74 Å². The Morgan fingerprint density at radius 2 is 2.06 bits per heavy atom. The predicted octanol–water partition coefficient (Wildman–Crippen LogP) is 3.28. The first kappa shape index (κ1) is 15.1. The van der Waals surface area contributed by atoms with E-state index in [-0.39, 0.29) is 5.54 Å². The molecule has 102 valence electrons. The number of nitrogens with one attached hydrogen (secondary N) is 1. The van der Waals surface area contributed by atoms with E-state index in [1.54, 1.807) is 0 Å². The Hall–Kier alpha value is -0.930. The molecule has 1 heterocycles. The van der Waals surface area contributed by atoms with Crippen LogP contribution >= 0.6 is 0 Å². The molecule has 1 rings (SSSR count). The van der Waals surface area contributed by atoms with Crippen molar-refractivity contribution in [2.75, 3.05) is 0 Å². The van der Waals surface area contributed by atoms with Gasteiger partial charge in [0.05, 0.1) is 18.4 Å². The third-order valence-corrected chi connectivity index (χ3v) is 2.80. The monoisotopic (exact) mass is 250 g/mol. The van der Waals surface area contributed by atoms with Gasteiger partial charge in [-0.25, -0.2) is 0 Å². The van der Waals surface area contributed by atoms with Gasteiger partial charge in [0, 0.05) is 18.3 Å². The van der Waals surface area contributed by atoms with Gasteiger partial charge in [-0.3, -0.25) is 4.98 Å². The molecular formula is C15H26N2O. The Morgan fingerprint density at radius 3 is 2.56 bits per heavy atom. The fraction of sp³-hybridized carbons (Fsp3) is 0.667. The lowest BCUT2D eigenvalue weighted by atomic mass is 10.1. The highest BCUT2D eigenvalue weighted by molar-refractivity contribution is 5.13. The van der Waals surface area contributed by atoms with E-state index in [0.29, 0.717) is 12.7 Å². The van der Waals surface area contributed by atoms with Gasteiger partial charge < -0.3 is 10.1 Å². The first-order valence-corrected chi connectivity index (χ1v) is 6.71. The van der Waals surface area contributed by atoms with Gasteiger partial charge in [-0.2, -0.15) is 0 Å². The zero-order valence-corrected chi connectivity index (χ0v) is 12.3. The smallest absolute Gasteiger partial charge is 0.0891 e. The number of nitrogens with zero attached hydrogens (tertiary/aromatic N) is 1. The minimum Gasteiger partial charge on any atom is -0.372 e. The molecule has 0 aromatic carbocycles. The summed E-state index contributed by atoms with van der Waals surface area (Å²) < 4.78 is 5.65. The SMILES string of the molecule is CCC(C)OCc1ccc(CNC(C)(C)C)cn1. The molecule has 18 heavy (non-hydrogen) atoms. The van der Waals surface area contributed by atoms with Gasteiger partial charge in [0.15, 0.2) is 0 Å². The number of rotatable bonds is 6. The van der Waals surface area contributed by atoms with Gasteiger partial charge in [0.2, 0.25) is 0 Å². The van der Waals surface area contributed by atoms with Crippen LogP contribution in [0.15, 0.2) is 18.3 Å². The maximum atomic E-state index is 5.65. The minimum atomic E-state index is 0.137.